The van der Waals surface area contributed by atoms with E-state index < -0.39 is 35.5 Å². The minimum Gasteiger partial charge on any atom is -0.427 e. The molecule has 0 saturated carbocycles. The molecule has 2 saturated heterocycles. The maximum atomic E-state index is 14.4. The molecule has 0 aliphatic carbocycles. The molecule has 0 bridgehead atoms. The normalized spacial score (nSPS) is 20.2. The van der Waals surface area contributed by atoms with E-state index in [1.165, 1.54) is 54.3 Å². The first kappa shape index (κ1) is 22.6. The highest BCUT2D eigenvalue weighted by atomic mass is 19.1. The summed E-state index contributed by atoms with van der Waals surface area (Å²) >= 11 is 0. The lowest BCUT2D eigenvalue weighted by atomic mass is 10.1. The number of hydrogen-bond donors (Lipinski definition) is 0. The third-order valence-electron chi connectivity index (χ3n) is 5.64. The van der Waals surface area contributed by atoms with E-state index in [2.05, 4.69) is 0 Å². The van der Waals surface area contributed by atoms with Gasteiger partial charge in [0, 0.05) is 20.1 Å². The van der Waals surface area contributed by atoms with Crippen molar-refractivity contribution < 1.29 is 33.0 Å². The van der Waals surface area contributed by atoms with E-state index in [9.17, 15) is 23.6 Å². The second kappa shape index (κ2) is 9.50. The minimum absolute atomic E-state index is 0.0794. The number of halogens is 1. The molecule has 0 N–H and O–H groups in total. The average molecular weight is 454 g/mol. The Bertz CT molecular complexity index is 1080. The summed E-state index contributed by atoms with van der Waals surface area (Å²) in [5, 5.41) is 0. The van der Waals surface area contributed by atoms with Crippen molar-refractivity contribution in [3.05, 3.63) is 59.9 Å². The Morgan fingerprint density at radius 3 is 2.52 bits per heavy atom. The van der Waals surface area contributed by atoms with Crippen LogP contribution in [0.4, 0.5) is 10.1 Å². The Kier molecular flexibility index (Phi) is 6.50. The predicted molar refractivity (Wildman–Crippen MR) is 115 cm³/mol. The minimum atomic E-state index is -1.08. The molecule has 2 aromatic carbocycles. The van der Waals surface area contributed by atoms with E-state index in [1.807, 2.05) is 0 Å². The molecule has 2 aliphatic heterocycles. The average Bonchev–Trinajstić information content (AvgIpc) is 3.40. The Balaban J connectivity index is 1.61. The van der Waals surface area contributed by atoms with Crippen molar-refractivity contribution >= 4 is 29.4 Å². The quantitative estimate of drug-likeness (QED) is 0.379. The predicted octanol–water partition coefficient (Wildman–Crippen LogP) is 2.70. The lowest BCUT2D eigenvalue weighted by Gasteiger charge is -2.30. The van der Waals surface area contributed by atoms with Gasteiger partial charge < -0.3 is 14.4 Å². The van der Waals surface area contributed by atoms with Gasteiger partial charge in [0.05, 0.1) is 23.8 Å². The number of carbonyl (C=O) groups is 4. The summed E-state index contributed by atoms with van der Waals surface area (Å²) in [7, 11) is 0. The van der Waals surface area contributed by atoms with Crippen LogP contribution in [0.1, 0.15) is 36.5 Å². The lowest BCUT2D eigenvalue weighted by Crippen LogP contribution is -2.48. The molecule has 2 aromatic rings. The molecule has 33 heavy (non-hydrogen) atoms. The van der Waals surface area contributed by atoms with E-state index in [0.29, 0.717) is 18.7 Å². The number of imide groups is 1. The summed E-state index contributed by atoms with van der Waals surface area (Å²) in [6.45, 7) is 1.89. The molecule has 2 unspecified atom stereocenters. The Hall–Kier alpha value is -3.59. The van der Waals surface area contributed by atoms with Crippen LogP contribution in [0.3, 0.4) is 0 Å². The molecule has 9 heteroatoms. The molecule has 3 amide bonds. The summed E-state index contributed by atoms with van der Waals surface area (Å²) in [5.74, 6) is -2.65. The van der Waals surface area contributed by atoms with E-state index in [4.69, 9.17) is 9.47 Å². The Morgan fingerprint density at radius 2 is 1.88 bits per heavy atom. The van der Waals surface area contributed by atoms with Gasteiger partial charge in [0.15, 0.2) is 0 Å². The number of nitrogens with zero attached hydrogens (tertiary/aromatic N) is 2. The molecule has 2 aliphatic rings. The fraction of sp³-hybridized carbons (Fsp3) is 0.333. The van der Waals surface area contributed by atoms with Crippen LogP contribution in [-0.4, -0.2) is 53.9 Å². The van der Waals surface area contributed by atoms with Gasteiger partial charge in [-0.1, -0.05) is 12.1 Å². The van der Waals surface area contributed by atoms with Crippen LogP contribution in [0.15, 0.2) is 48.5 Å². The molecule has 0 spiro atoms. The third-order valence-corrected chi connectivity index (χ3v) is 5.64. The van der Waals surface area contributed by atoms with E-state index in [-0.39, 0.29) is 30.4 Å². The van der Waals surface area contributed by atoms with E-state index >= 15 is 0 Å². The van der Waals surface area contributed by atoms with Gasteiger partial charge in [0.1, 0.15) is 17.6 Å². The molecule has 2 fully saturated rings. The van der Waals surface area contributed by atoms with Crippen molar-refractivity contribution in [2.75, 3.05) is 18.1 Å². The summed E-state index contributed by atoms with van der Waals surface area (Å²) < 4.78 is 25.0. The van der Waals surface area contributed by atoms with Gasteiger partial charge in [-0.25, -0.2) is 9.29 Å². The highest BCUT2D eigenvalue weighted by molar-refractivity contribution is 6.23. The van der Waals surface area contributed by atoms with Crippen molar-refractivity contribution in [1.82, 2.24) is 4.90 Å². The zero-order valence-corrected chi connectivity index (χ0v) is 18.0. The molecular weight excluding hydrogens is 431 g/mol. The van der Waals surface area contributed by atoms with Gasteiger partial charge in [0.25, 0.3) is 11.8 Å². The summed E-state index contributed by atoms with van der Waals surface area (Å²) in [6, 6.07) is 10.4. The first-order valence-electron chi connectivity index (χ1n) is 10.7. The third kappa shape index (κ3) is 4.78. The van der Waals surface area contributed by atoms with Crippen molar-refractivity contribution in [2.45, 2.75) is 38.3 Å². The largest absolute Gasteiger partial charge is 0.427 e. The summed E-state index contributed by atoms with van der Waals surface area (Å²) in [6.07, 6.45) is 1.01. The van der Waals surface area contributed by atoms with Crippen LogP contribution in [0.2, 0.25) is 0 Å². The number of ether oxygens (including phenoxy) is 2. The van der Waals surface area contributed by atoms with Crippen molar-refractivity contribution in [2.24, 2.45) is 0 Å². The Morgan fingerprint density at radius 1 is 1.15 bits per heavy atom. The monoisotopic (exact) mass is 454 g/mol. The first-order chi connectivity index (χ1) is 15.8. The molecule has 2 atom stereocenters. The maximum absolute atomic E-state index is 14.4. The Labute approximate surface area is 189 Å². The number of esters is 1. The fourth-order valence-electron chi connectivity index (χ4n) is 4.11. The van der Waals surface area contributed by atoms with Gasteiger partial charge in [-0.2, -0.15) is 0 Å². The second-order valence-electron chi connectivity index (χ2n) is 7.95. The summed E-state index contributed by atoms with van der Waals surface area (Å²) in [4.78, 5) is 52.8. The van der Waals surface area contributed by atoms with E-state index in [0.717, 1.165) is 11.3 Å². The second-order valence-corrected chi connectivity index (χ2v) is 7.95. The van der Waals surface area contributed by atoms with Crippen molar-refractivity contribution in [1.29, 1.82) is 0 Å². The number of carbonyl (C=O) groups excluding carboxylic acids is 4. The molecular formula is C24H23FN2O6. The van der Waals surface area contributed by atoms with E-state index in [1.54, 1.807) is 6.07 Å². The van der Waals surface area contributed by atoms with Gasteiger partial charge in [-0.3, -0.25) is 19.2 Å². The number of anilines is 1. The van der Waals surface area contributed by atoms with Crippen LogP contribution in [0.25, 0.3) is 0 Å². The number of benzene rings is 2. The molecule has 2 heterocycles. The standard InChI is InChI=1S/C24H23FN2O6/c1-15(28)33-17-10-8-16(9-11-17)27-22(29)13-21(24(27)31)26(14-18-5-4-12-32-18)23(30)19-6-2-3-7-20(19)25/h2-3,6-11,18,21H,4-5,12-14H2,1H3. The number of rotatable bonds is 6. The van der Waals surface area contributed by atoms with Crippen LogP contribution < -0.4 is 9.64 Å². The van der Waals surface area contributed by atoms with Gasteiger partial charge in [-0.05, 0) is 49.2 Å². The van der Waals surface area contributed by atoms with Crippen LogP contribution >= 0.6 is 0 Å². The molecule has 0 radical (unpaired) electrons. The van der Waals surface area contributed by atoms with Crippen molar-refractivity contribution in [3.63, 3.8) is 0 Å². The SMILES string of the molecule is CC(=O)Oc1ccc(N2C(=O)CC(N(CC3CCCO3)C(=O)c3ccccc3F)C2=O)cc1. The number of hydrogen-bond acceptors (Lipinski definition) is 6. The molecule has 8 nitrogen and oxygen atoms in total. The van der Waals surface area contributed by atoms with Crippen LogP contribution in [0.5, 0.6) is 5.75 Å². The van der Waals surface area contributed by atoms with Gasteiger partial charge in [0.2, 0.25) is 5.91 Å². The van der Waals surface area contributed by atoms with Gasteiger partial charge in [-0.15, -0.1) is 0 Å². The summed E-state index contributed by atoms with van der Waals surface area (Å²) in [5.41, 5.74) is 0.124. The molecule has 0 aromatic heterocycles. The first-order valence-corrected chi connectivity index (χ1v) is 10.7. The smallest absolute Gasteiger partial charge is 0.308 e. The van der Waals surface area contributed by atoms with Gasteiger partial charge >= 0.3 is 5.97 Å². The highest BCUT2D eigenvalue weighted by Crippen LogP contribution is 2.29. The maximum Gasteiger partial charge on any atom is 0.308 e. The van der Waals surface area contributed by atoms with Crippen LogP contribution in [-0.2, 0) is 19.1 Å². The fourth-order valence-corrected chi connectivity index (χ4v) is 4.11. The highest BCUT2D eigenvalue weighted by Gasteiger charge is 2.45. The van der Waals surface area contributed by atoms with Crippen molar-refractivity contribution in [3.8, 4) is 5.75 Å². The number of amides is 3. The topological polar surface area (TPSA) is 93.2 Å². The zero-order valence-electron chi connectivity index (χ0n) is 18.0. The molecule has 4 rings (SSSR count). The molecule has 172 valence electrons. The lowest BCUT2D eigenvalue weighted by molar-refractivity contribution is -0.132. The van der Waals surface area contributed by atoms with Crippen LogP contribution in [0, 0.1) is 5.82 Å². The zero-order chi connectivity index (χ0) is 23.5.